The van der Waals surface area contributed by atoms with Crippen molar-refractivity contribution < 1.29 is 13.9 Å². The number of furan rings is 1. The maximum Gasteiger partial charge on any atom is 0.356 e. The molecule has 0 radical (unpaired) electrons. The molecule has 3 rings (SSSR count). The van der Waals surface area contributed by atoms with Gasteiger partial charge in [0.2, 0.25) is 0 Å². The number of aromatic amines is 1. The SMILES string of the molecule is O=C(OCn1cccc1)c1cc2occc2[nH]1. The van der Waals surface area contributed by atoms with Crippen LogP contribution in [0, 0.1) is 0 Å². The summed E-state index contributed by atoms with van der Waals surface area (Å²) in [6, 6.07) is 7.14. The highest BCUT2D eigenvalue weighted by Crippen LogP contribution is 2.16. The fourth-order valence-electron chi connectivity index (χ4n) is 1.63. The zero-order valence-corrected chi connectivity index (χ0v) is 8.92. The normalized spacial score (nSPS) is 10.8. The molecule has 0 spiro atoms. The molecule has 3 heterocycles. The molecule has 3 aromatic rings. The van der Waals surface area contributed by atoms with E-state index < -0.39 is 5.97 Å². The first kappa shape index (κ1) is 9.77. The summed E-state index contributed by atoms with van der Waals surface area (Å²) in [5.74, 6) is -0.398. The van der Waals surface area contributed by atoms with Gasteiger partial charge >= 0.3 is 5.97 Å². The minimum absolute atomic E-state index is 0.201. The number of carbonyl (C=O) groups excluding carboxylic acids is 1. The molecule has 17 heavy (non-hydrogen) atoms. The second-order valence-corrected chi connectivity index (χ2v) is 3.64. The Labute approximate surface area is 96.6 Å². The van der Waals surface area contributed by atoms with Crippen molar-refractivity contribution in [1.82, 2.24) is 9.55 Å². The van der Waals surface area contributed by atoms with Crippen LogP contribution in [0.3, 0.4) is 0 Å². The third-order valence-corrected chi connectivity index (χ3v) is 2.47. The lowest BCUT2D eigenvalue weighted by Gasteiger charge is -2.03. The molecule has 0 amide bonds. The molecule has 0 bridgehead atoms. The van der Waals surface area contributed by atoms with Crippen molar-refractivity contribution in [2.24, 2.45) is 0 Å². The van der Waals surface area contributed by atoms with Crippen LogP contribution in [0.15, 0.2) is 47.3 Å². The van der Waals surface area contributed by atoms with Gasteiger partial charge in [-0.15, -0.1) is 0 Å². The lowest BCUT2D eigenvalue weighted by molar-refractivity contribution is 0.0366. The molecular weight excluding hydrogens is 220 g/mol. The smallest absolute Gasteiger partial charge is 0.356 e. The number of aromatic nitrogens is 2. The Hall–Kier alpha value is -2.43. The third kappa shape index (κ3) is 1.82. The number of fused-ring (bicyclic) bond motifs is 1. The van der Waals surface area contributed by atoms with E-state index in [1.165, 1.54) is 0 Å². The number of esters is 1. The fourth-order valence-corrected chi connectivity index (χ4v) is 1.63. The number of nitrogens with one attached hydrogen (secondary N) is 1. The van der Waals surface area contributed by atoms with E-state index in [0.717, 1.165) is 5.52 Å². The molecule has 0 fully saturated rings. The minimum Gasteiger partial charge on any atom is -0.463 e. The van der Waals surface area contributed by atoms with Crippen molar-refractivity contribution in [3.8, 4) is 0 Å². The molecule has 1 N–H and O–H groups in total. The van der Waals surface area contributed by atoms with Crippen LogP contribution in [0.4, 0.5) is 0 Å². The van der Waals surface area contributed by atoms with Gasteiger partial charge in [-0.3, -0.25) is 0 Å². The second kappa shape index (κ2) is 3.86. The molecule has 5 nitrogen and oxygen atoms in total. The number of hydrogen-bond donors (Lipinski definition) is 1. The molecule has 0 aromatic carbocycles. The van der Waals surface area contributed by atoms with E-state index in [9.17, 15) is 4.79 Å². The van der Waals surface area contributed by atoms with Crippen molar-refractivity contribution in [1.29, 1.82) is 0 Å². The molecule has 0 saturated carbocycles. The Bertz CT molecular complexity index is 605. The first-order valence-electron chi connectivity index (χ1n) is 5.17. The van der Waals surface area contributed by atoms with Crippen LogP contribution in [-0.2, 0) is 11.5 Å². The van der Waals surface area contributed by atoms with Gasteiger partial charge in [-0.2, -0.15) is 0 Å². The van der Waals surface area contributed by atoms with Gasteiger partial charge < -0.3 is 18.7 Å². The summed E-state index contributed by atoms with van der Waals surface area (Å²) in [5, 5.41) is 0. The molecule has 0 saturated heterocycles. The van der Waals surface area contributed by atoms with Crippen molar-refractivity contribution in [3.63, 3.8) is 0 Å². The summed E-state index contributed by atoms with van der Waals surface area (Å²) in [6.45, 7) is 0.201. The second-order valence-electron chi connectivity index (χ2n) is 3.64. The highest BCUT2D eigenvalue weighted by Gasteiger charge is 2.12. The van der Waals surface area contributed by atoms with E-state index in [1.807, 2.05) is 24.5 Å². The Morgan fingerprint density at radius 2 is 2.24 bits per heavy atom. The van der Waals surface area contributed by atoms with Gasteiger partial charge in [0.25, 0.3) is 0 Å². The largest absolute Gasteiger partial charge is 0.463 e. The predicted octanol–water partition coefficient (Wildman–Crippen LogP) is 2.38. The van der Waals surface area contributed by atoms with E-state index in [4.69, 9.17) is 9.15 Å². The Kier molecular flexibility index (Phi) is 2.22. The van der Waals surface area contributed by atoms with Gasteiger partial charge in [-0.05, 0) is 12.1 Å². The number of nitrogens with zero attached hydrogens (tertiary/aromatic N) is 1. The van der Waals surface area contributed by atoms with E-state index >= 15 is 0 Å². The Morgan fingerprint density at radius 1 is 1.41 bits per heavy atom. The van der Waals surface area contributed by atoms with Crippen LogP contribution in [0.5, 0.6) is 0 Å². The summed E-state index contributed by atoms with van der Waals surface area (Å²) < 4.78 is 12.0. The van der Waals surface area contributed by atoms with Crippen molar-refractivity contribution in [3.05, 3.63) is 48.6 Å². The van der Waals surface area contributed by atoms with Crippen molar-refractivity contribution >= 4 is 17.1 Å². The van der Waals surface area contributed by atoms with Gasteiger partial charge in [-0.1, -0.05) is 0 Å². The van der Waals surface area contributed by atoms with Gasteiger partial charge in [0, 0.05) is 24.5 Å². The van der Waals surface area contributed by atoms with Crippen molar-refractivity contribution in [2.75, 3.05) is 0 Å². The maximum absolute atomic E-state index is 11.7. The van der Waals surface area contributed by atoms with Gasteiger partial charge in [0.05, 0.1) is 11.8 Å². The summed E-state index contributed by atoms with van der Waals surface area (Å²) in [6.07, 6.45) is 5.22. The lowest BCUT2D eigenvalue weighted by atomic mass is 10.4. The molecule has 0 atom stereocenters. The van der Waals surface area contributed by atoms with E-state index in [2.05, 4.69) is 4.98 Å². The molecule has 0 aliphatic carbocycles. The van der Waals surface area contributed by atoms with Gasteiger partial charge in [0.1, 0.15) is 5.69 Å². The van der Waals surface area contributed by atoms with Crippen LogP contribution in [0.1, 0.15) is 10.5 Å². The number of carbonyl (C=O) groups is 1. The monoisotopic (exact) mass is 230 g/mol. The lowest BCUT2D eigenvalue weighted by Crippen LogP contribution is -2.08. The van der Waals surface area contributed by atoms with Crippen LogP contribution < -0.4 is 0 Å². The quantitative estimate of drug-likeness (QED) is 0.703. The Morgan fingerprint density at radius 3 is 3.00 bits per heavy atom. The molecule has 0 unspecified atom stereocenters. The summed E-state index contributed by atoms with van der Waals surface area (Å²) in [5.41, 5.74) is 1.84. The zero-order valence-electron chi connectivity index (χ0n) is 8.92. The number of hydrogen-bond acceptors (Lipinski definition) is 3. The van der Waals surface area contributed by atoms with E-state index in [1.54, 1.807) is 23.0 Å². The number of ether oxygens (including phenoxy) is 1. The first-order chi connectivity index (χ1) is 8.33. The van der Waals surface area contributed by atoms with Crippen molar-refractivity contribution in [2.45, 2.75) is 6.73 Å². The fraction of sp³-hybridized carbons (Fsp3) is 0.0833. The topological polar surface area (TPSA) is 60.2 Å². The summed E-state index contributed by atoms with van der Waals surface area (Å²) in [7, 11) is 0. The summed E-state index contributed by atoms with van der Waals surface area (Å²) in [4.78, 5) is 14.6. The molecule has 5 heteroatoms. The zero-order chi connectivity index (χ0) is 11.7. The van der Waals surface area contributed by atoms with Crippen LogP contribution in [0.25, 0.3) is 11.1 Å². The highest BCUT2D eigenvalue weighted by molar-refractivity contribution is 5.92. The average molecular weight is 230 g/mol. The highest BCUT2D eigenvalue weighted by atomic mass is 16.5. The average Bonchev–Trinajstić information content (AvgIpc) is 3.01. The number of H-pyrrole nitrogens is 1. The maximum atomic E-state index is 11.7. The van der Waals surface area contributed by atoms with E-state index in [-0.39, 0.29) is 6.73 Å². The summed E-state index contributed by atoms with van der Waals surface area (Å²) >= 11 is 0. The number of rotatable bonds is 3. The predicted molar refractivity (Wildman–Crippen MR) is 60.4 cm³/mol. The van der Waals surface area contributed by atoms with Gasteiger partial charge in [0.15, 0.2) is 12.3 Å². The third-order valence-electron chi connectivity index (χ3n) is 2.47. The molecule has 0 aliphatic rings. The standard InChI is InChI=1S/C12H10N2O3/c15-12(17-8-14-4-1-2-5-14)10-7-11-9(13-10)3-6-16-11/h1-7,13H,8H2. The molecule has 3 aromatic heterocycles. The molecular formula is C12H10N2O3. The molecule has 0 aliphatic heterocycles. The van der Waals surface area contributed by atoms with Crippen LogP contribution in [-0.4, -0.2) is 15.5 Å². The molecule has 86 valence electrons. The minimum atomic E-state index is -0.398. The van der Waals surface area contributed by atoms with Crippen LogP contribution in [0.2, 0.25) is 0 Å². The van der Waals surface area contributed by atoms with Crippen LogP contribution >= 0.6 is 0 Å². The van der Waals surface area contributed by atoms with E-state index in [0.29, 0.717) is 11.3 Å². The first-order valence-corrected chi connectivity index (χ1v) is 5.17. The Balaban J connectivity index is 1.72. The van der Waals surface area contributed by atoms with Gasteiger partial charge in [-0.25, -0.2) is 4.79 Å².